The average Bonchev–Trinajstić information content (AvgIpc) is 3.31. The van der Waals surface area contributed by atoms with Gasteiger partial charge in [0.05, 0.1) is 27.7 Å². The summed E-state index contributed by atoms with van der Waals surface area (Å²) in [7, 11) is 2.03. The smallest absolute Gasteiger partial charge is 0.262 e. The Hall–Kier alpha value is -3.13. The van der Waals surface area contributed by atoms with E-state index in [0.717, 1.165) is 34.0 Å². The van der Waals surface area contributed by atoms with Gasteiger partial charge in [-0.3, -0.25) is 13.8 Å². The lowest BCUT2D eigenvalue weighted by atomic mass is 10.2. The normalized spacial score (nSPS) is 11.8. The second-order valence-corrected chi connectivity index (χ2v) is 7.90. The minimum atomic E-state index is -0.0192. The van der Waals surface area contributed by atoms with Crippen molar-refractivity contribution in [2.24, 2.45) is 7.05 Å². The molecule has 29 heavy (non-hydrogen) atoms. The van der Waals surface area contributed by atoms with Crippen LogP contribution in [0.1, 0.15) is 19.2 Å². The first kappa shape index (κ1) is 17.9. The van der Waals surface area contributed by atoms with E-state index in [2.05, 4.69) is 27.8 Å². The van der Waals surface area contributed by atoms with Crippen LogP contribution in [0, 0.1) is 0 Å². The third-order valence-corrected chi connectivity index (χ3v) is 6.06. The standard InChI is InChI=1S/C21H20N6OS/c1-3-12-26-19(28)14-8-4-6-10-16(14)27-20(26)23-24-21(27)29-13-18-22-15-9-5-7-11-17(15)25(18)2/h4-11H,3,12-13H2,1-2H3. The Labute approximate surface area is 171 Å². The van der Waals surface area contributed by atoms with Crippen LogP contribution in [0.3, 0.4) is 0 Å². The Morgan fingerprint density at radius 2 is 1.76 bits per heavy atom. The van der Waals surface area contributed by atoms with Crippen molar-refractivity contribution >= 4 is 39.5 Å². The van der Waals surface area contributed by atoms with Gasteiger partial charge in [-0.25, -0.2) is 4.98 Å². The Morgan fingerprint density at radius 3 is 2.55 bits per heavy atom. The molecule has 146 valence electrons. The number of benzene rings is 2. The number of hydrogen-bond donors (Lipinski definition) is 0. The fourth-order valence-electron chi connectivity index (χ4n) is 3.71. The first-order chi connectivity index (χ1) is 14.2. The van der Waals surface area contributed by atoms with Gasteiger partial charge in [0.1, 0.15) is 5.82 Å². The molecular formula is C21H20N6OS. The van der Waals surface area contributed by atoms with Crippen molar-refractivity contribution in [1.82, 2.24) is 28.7 Å². The van der Waals surface area contributed by atoms with Gasteiger partial charge in [0, 0.05) is 13.6 Å². The van der Waals surface area contributed by atoms with Crippen molar-refractivity contribution in [3.63, 3.8) is 0 Å². The minimum absolute atomic E-state index is 0.0192. The SMILES string of the molecule is CCCn1c(=O)c2ccccc2n2c(SCc3nc4ccccc4n3C)nnc12. The maximum absolute atomic E-state index is 12.9. The van der Waals surface area contributed by atoms with Gasteiger partial charge < -0.3 is 4.57 Å². The van der Waals surface area contributed by atoms with Gasteiger partial charge in [-0.1, -0.05) is 43.0 Å². The Morgan fingerprint density at radius 1 is 1.00 bits per heavy atom. The Bertz CT molecular complexity index is 1410. The van der Waals surface area contributed by atoms with E-state index in [4.69, 9.17) is 4.98 Å². The second-order valence-electron chi connectivity index (χ2n) is 6.96. The van der Waals surface area contributed by atoms with Crippen LogP contribution in [-0.2, 0) is 19.3 Å². The largest absolute Gasteiger partial charge is 0.330 e. The van der Waals surface area contributed by atoms with E-state index in [9.17, 15) is 4.79 Å². The maximum atomic E-state index is 12.9. The zero-order valence-corrected chi connectivity index (χ0v) is 17.1. The van der Waals surface area contributed by atoms with Crippen molar-refractivity contribution in [2.75, 3.05) is 0 Å². The predicted molar refractivity (Wildman–Crippen MR) is 115 cm³/mol. The summed E-state index contributed by atoms with van der Waals surface area (Å²) in [6.07, 6.45) is 0.850. The molecule has 0 fully saturated rings. The van der Waals surface area contributed by atoms with Gasteiger partial charge in [-0.2, -0.15) is 0 Å². The molecule has 3 heterocycles. The Kier molecular flexibility index (Phi) is 4.35. The molecule has 0 atom stereocenters. The number of hydrogen-bond acceptors (Lipinski definition) is 5. The molecule has 5 aromatic rings. The molecule has 0 amide bonds. The van der Waals surface area contributed by atoms with Gasteiger partial charge in [0.15, 0.2) is 5.16 Å². The highest BCUT2D eigenvalue weighted by molar-refractivity contribution is 7.98. The summed E-state index contributed by atoms with van der Waals surface area (Å²) in [4.78, 5) is 17.7. The van der Waals surface area contributed by atoms with Gasteiger partial charge in [0.2, 0.25) is 5.78 Å². The molecule has 0 bridgehead atoms. The number of imidazole rings is 1. The summed E-state index contributed by atoms with van der Waals surface area (Å²) in [6, 6.07) is 15.7. The Balaban J connectivity index is 1.62. The summed E-state index contributed by atoms with van der Waals surface area (Å²) < 4.78 is 5.81. The van der Waals surface area contributed by atoms with Crippen LogP contribution in [0.4, 0.5) is 0 Å². The minimum Gasteiger partial charge on any atom is -0.330 e. The summed E-state index contributed by atoms with van der Waals surface area (Å²) in [5.74, 6) is 2.22. The predicted octanol–water partition coefficient (Wildman–Crippen LogP) is 3.63. The van der Waals surface area contributed by atoms with Gasteiger partial charge in [0.25, 0.3) is 5.56 Å². The maximum Gasteiger partial charge on any atom is 0.262 e. The number of aromatic nitrogens is 6. The van der Waals surface area contributed by atoms with Crippen LogP contribution in [-0.4, -0.2) is 28.7 Å². The third kappa shape index (κ3) is 2.82. The fourth-order valence-corrected chi connectivity index (χ4v) is 4.63. The number of thioether (sulfide) groups is 1. The van der Waals surface area contributed by atoms with Gasteiger partial charge in [-0.15, -0.1) is 10.2 Å². The highest BCUT2D eigenvalue weighted by atomic mass is 32.2. The van der Waals surface area contributed by atoms with E-state index in [1.165, 1.54) is 0 Å². The molecule has 0 aliphatic carbocycles. The lowest BCUT2D eigenvalue weighted by Crippen LogP contribution is -2.23. The molecular weight excluding hydrogens is 384 g/mol. The van der Waals surface area contributed by atoms with Gasteiger partial charge in [-0.05, 0) is 30.7 Å². The van der Waals surface area contributed by atoms with E-state index in [1.54, 1.807) is 16.3 Å². The molecule has 0 saturated heterocycles. The van der Waals surface area contributed by atoms with Crippen molar-refractivity contribution in [1.29, 1.82) is 0 Å². The molecule has 0 spiro atoms. The molecule has 8 heteroatoms. The number of fused-ring (bicyclic) bond motifs is 4. The van der Waals surface area contributed by atoms with Crippen molar-refractivity contribution in [3.05, 3.63) is 64.7 Å². The van der Waals surface area contributed by atoms with Crippen LogP contribution >= 0.6 is 11.8 Å². The van der Waals surface area contributed by atoms with E-state index in [1.807, 2.05) is 53.9 Å². The molecule has 5 rings (SSSR count). The third-order valence-electron chi connectivity index (χ3n) is 5.14. The molecule has 0 aliphatic rings. The zero-order valence-electron chi connectivity index (χ0n) is 16.2. The van der Waals surface area contributed by atoms with Crippen LogP contribution in [0.2, 0.25) is 0 Å². The van der Waals surface area contributed by atoms with Crippen LogP contribution in [0.25, 0.3) is 27.7 Å². The molecule has 0 unspecified atom stereocenters. The monoisotopic (exact) mass is 404 g/mol. The summed E-state index contributed by atoms with van der Waals surface area (Å²) in [6.45, 7) is 2.66. The number of rotatable bonds is 5. The second kappa shape index (κ2) is 7.04. The molecule has 3 aromatic heterocycles. The first-order valence-corrected chi connectivity index (χ1v) is 10.6. The molecule has 0 saturated carbocycles. The fraction of sp³-hybridized carbons (Fsp3) is 0.238. The molecule has 7 nitrogen and oxygen atoms in total. The zero-order chi connectivity index (χ0) is 20.0. The number of nitrogens with zero attached hydrogens (tertiary/aromatic N) is 6. The highest BCUT2D eigenvalue weighted by Crippen LogP contribution is 2.26. The van der Waals surface area contributed by atoms with Crippen LogP contribution in [0.15, 0.2) is 58.5 Å². The molecule has 0 N–H and O–H groups in total. The number of aryl methyl sites for hydroxylation is 2. The first-order valence-electron chi connectivity index (χ1n) is 9.59. The lowest BCUT2D eigenvalue weighted by Gasteiger charge is -2.10. The van der Waals surface area contributed by atoms with Gasteiger partial charge >= 0.3 is 0 Å². The van der Waals surface area contributed by atoms with E-state index in [-0.39, 0.29) is 5.56 Å². The summed E-state index contributed by atoms with van der Waals surface area (Å²) >= 11 is 1.58. The van der Waals surface area contributed by atoms with Crippen LogP contribution in [0.5, 0.6) is 0 Å². The van der Waals surface area contributed by atoms with Crippen molar-refractivity contribution < 1.29 is 0 Å². The van der Waals surface area contributed by atoms with Crippen LogP contribution < -0.4 is 5.56 Å². The summed E-state index contributed by atoms with van der Waals surface area (Å²) in [5, 5.41) is 10.2. The quantitative estimate of drug-likeness (QED) is 0.418. The van der Waals surface area contributed by atoms with Crippen molar-refractivity contribution in [3.8, 4) is 0 Å². The molecule has 0 aliphatic heterocycles. The van der Waals surface area contributed by atoms with E-state index in [0.29, 0.717) is 23.5 Å². The topological polar surface area (TPSA) is 70.0 Å². The highest BCUT2D eigenvalue weighted by Gasteiger charge is 2.17. The number of para-hydroxylation sites is 3. The molecule has 0 radical (unpaired) electrons. The summed E-state index contributed by atoms with van der Waals surface area (Å²) in [5.41, 5.74) is 2.90. The van der Waals surface area contributed by atoms with Crippen molar-refractivity contribution in [2.45, 2.75) is 30.8 Å². The lowest BCUT2D eigenvalue weighted by molar-refractivity contribution is 0.662. The van der Waals surface area contributed by atoms with E-state index >= 15 is 0 Å². The average molecular weight is 404 g/mol. The van der Waals surface area contributed by atoms with E-state index < -0.39 is 0 Å². The molecule has 2 aromatic carbocycles.